The van der Waals surface area contributed by atoms with Gasteiger partial charge in [0.15, 0.2) is 0 Å². The monoisotopic (exact) mass is 431 g/mol. The molecule has 1 N–H and O–H groups in total. The molecule has 1 amide bonds. The summed E-state index contributed by atoms with van der Waals surface area (Å²) in [6.45, 7) is 4.49. The second-order valence-electron chi connectivity index (χ2n) is 6.45. The van der Waals surface area contributed by atoms with E-state index >= 15 is 0 Å². The van der Waals surface area contributed by atoms with Crippen molar-refractivity contribution >= 4 is 32.2 Å². The van der Waals surface area contributed by atoms with Gasteiger partial charge in [0.25, 0.3) is 5.91 Å². The van der Waals surface area contributed by atoms with E-state index in [9.17, 15) is 13.2 Å². The molecule has 0 unspecified atom stereocenters. The molecular weight excluding hydrogens is 410 g/mol. The molecule has 7 nitrogen and oxygen atoms in total. The smallest absolute Gasteiger partial charge is 0.257 e. The predicted molar refractivity (Wildman–Crippen MR) is 112 cm³/mol. The summed E-state index contributed by atoms with van der Waals surface area (Å²) in [7, 11) is -3.65. The Balaban J connectivity index is 1.69. The molecule has 152 valence electrons. The fourth-order valence-corrected chi connectivity index (χ4v) is 4.78. The lowest BCUT2D eigenvalue weighted by Gasteiger charge is -2.06. The second kappa shape index (κ2) is 9.15. The molecule has 9 heteroatoms. The SMILES string of the molecule is CCCOc1cccc(C(=O)Nc2nnc(S(=O)(=O)Cc3ccc(C)cc3)s2)c1. The number of sulfone groups is 1. The van der Waals surface area contributed by atoms with Crippen LogP contribution in [-0.4, -0.2) is 31.1 Å². The molecule has 0 saturated heterocycles. The molecule has 1 aromatic heterocycles. The number of hydrogen-bond acceptors (Lipinski definition) is 7. The molecular formula is C20H21N3O4S2. The van der Waals surface area contributed by atoms with E-state index in [1.54, 1.807) is 36.4 Å². The summed E-state index contributed by atoms with van der Waals surface area (Å²) >= 11 is 0.830. The highest BCUT2D eigenvalue weighted by molar-refractivity contribution is 7.92. The van der Waals surface area contributed by atoms with Gasteiger partial charge < -0.3 is 4.74 Å². The Hall–Kier alpha value is -2.78. The number of hydrogen-bond donors (Lipinski definition) is 1. The van der Waals surface area contributed by atoms with Crippen LogP contribution in [0.5, 0.6) is 5.75 Å². The van der Waals surface area contributed by atoms with Crippen molar-refractivity contribution in [3.8, 4) is 5.75 Å². The van der Waals surface area contributed by atoms with Crippen molar-refractivity contribution in [3.05, 3.63) is 65.2 Å². The third-order valence-corrected chi connectivity index (χ3v) is 6.91. The lowest BCUT2D eigenvalue weighted by atomic mass is 10.2. The Bertz CT molecular complexity index is 1090. The van der Waals surface area contributed by atoms with Gasteiger partial charge >= 0.3 is 0 Å². The van der Waals surface area contributed by atoms with Crippen LogP contribution in [0.1, 0.15) is 34.8 Å². The Morgan fingerprint density at radius 1 is 1.14 bits per heavy atom. The van der Waals surface area contributed by atoms with E-state index in [2.05, 4.69) is 15.5 Å². The van der Waals surface area contributed by atoms with Crippen molar-refractivity contribution in [1.29, 1.82) is 0 Å². The topological polar surface area (TPSA) is 98.2 Å². The Morgan fingerprint density at radius 2 is 1.90 bits per heavy atom. The summed E-state index contributed by atoms with van der Waals surface area (Å²) in [5.74, 6) is 0.0101. The van der Waals surface area contributed by atoms with Crippen molar-refractivity contribution in [2.24, 2.45) is 0 Å². The first-order valence-corrected chi connectivity index (χ1v) is 11.5. The summed E-state index contributed by atoms with van der Waals surface area (Å²) in [5.41, 5.74) is 2.11. The maximum atomic E-state index is 12.6. The van der Waals surface area contributed by atoms with Gasteiger partial charge in [-0.05, 0) is 37.1 Å². The van der Waals surface area contributed by atoms with Gasteiger partial charge in [-0.3, -0.25) is 10.1 Å². The van der Waals surface area contributed by atoms with Crippen molar-refractivity contribution in [3.63, 3.8) is 0 Å². The summed E-state index contributed by atoms with van der Waals surface area (Å²) in [5, 5.41) is 10.3. The van der Waals surface area contributed by atoms with Gasteiger partial charge in [-0.25, -0.2) is 8.42 Å². The highest BCUT2D eigenvalue weighted by atomic mass is 32.2. The molecule has 0 aliphatic rings. The zero-order chi connectivity index (χ0) is 20.9. The summed E-state index contributed by atoms with van der Waals surface area (Å²) < 4.78 is 30.6. The maximum Gasteiger partial charge on any atom is 0.257 e. The normalized spacial score (nSPS) is 11.2. The van der Waals surface area contributed by atoms with Gasteiger partial charge in [0, 0.05) is 5.56 Å². The van der Waals surface area contributed by atoms with Gasteiger partial charge in [0.2, 0.25) is 19.3 Å². The predicted octanol–water partition coefficient (Wildman–Crippen LogP) is 3.86. The van der Waals surface area contributed by atoms with Crippen LogP contribution in [0.2, 0.25) is 0 Å². The molecule has 29 heavy (non-hydrogen) atoms. The number of benzene rings is 2. The van der Waals surface area contributed by atoms with Gasteiger partial charge in [0.1, 0.15) is 5.75 Å². The highest BCUT2D eigenvalue weighted by Gasteiger charge is 2.22. The largest absolute Gasteiger partial charge is 0.494 e. The first-order chi connectivity index (χ1) is 13.9. The minimum Gasteiger partial charge on any atom is -0.494 e. The van der Waals surface area contributed by atoms with Crippen molar-refractivity contribution < 1.29 is 17.9 Å². The minimum absolute atomic E-state index is 0.123. The molecule has 0 aliphatic heterocycles. The van der Waals surface area contributed by atoms with E-state index in [1.807, 2.05) is 26.0 Å². The quantitative estimate of drug-likeness (QED) is 0.544. The number of nitrogens with zero attached hydrogens (tertiary/aromatic N) is 2. The molecule has 2 aromatic carbocycles. The van der Waals surface area contributed by atoms with Crippen LogP contribution in [0, 0.1) is 6.92 Å². The molecule has 0 atom stereocenters. The van der Waals surface area contributed by atoms with Crippen molar-refractivity contribution in [1.82, 2.24) is 10.2 Å². The summed E-state index contributed by atoms with van der Waals surface area (Å²) in [4.78, 5) is 12.4. The molecule has 0 aliphatic carbocycles. The van der Waals surface area contributed by atoms with Gasteiger partial charge in [0.05, 0.1) is 12.4 Å². The number of amides is 1. The van der Waals surface area contributed by atoms with E-state index in [-0.39, 0.29) is 15.2 Å². The highest BCUT2D eigenvalue weighted by Crippen LogP contribution is 2.24. The zero-order valence-corrected chi connectivity index (χ0v) is 17.7. The number of rotatable bonds is 8. The van der Waals surface area contributed by atoms with Crippen LogP contribution in [0.25, 0.3) is 0 Å². The van der Waals surface area contributed by atoms with E-state index in [1.165, 1.54) is 0 Å². The fourth-order valence-electron chi connectivity index (χ4n) is 2.47. The fraction of sp³-hybridized carbons (Fsp3) is 0.250. The van der Waals surface area contributed by atoms with Gasteiger partial charge in [-0.1, -0.05) is 54.2 Å². The lowest BCUT2D eigenvalue weighted by molar-refractivity contribution is 0.102. The maximum absolute atomic E-state index is 12.6. The average Bonchev–Trinajstić information content (AvgIpc) is 3.18. The van der Waals surface area contributed by atoms with E-state index in [0.717, 1.165) is 23.3 Å². The third kappa shape index (κ3) is 5.61. The molecule has 0 fully saturated rings. The molecule has 0 saturated carbocycles. The number of ether oxygens (including phenoxy) is 1. The van der Waals surface area contributed by atoms with E-state index in [4.69, 9.17) is 4.74 Å². The summed E-state index contributed by atoms with van der Waals surface area (Å²) in [6, 6.07) is 14.0. The van der Waals surface area contributed by atoms with Gasteiger partial charge in [-0.2, -0.15) is 0 Å². The Labute approximate surface area is 173 Å². The van der Waals surface area contributed by atoms with Crippen LogP contribution >= 0.6 is 11.3 Å². The second-order valence-corrected chi connectivity index (χ2v) is 9.59. The zero-order valence-electron chi connectivity index (χ0n) is 16.1. The number of carbonyl (C=O) groups excluding carboxylic acids is 1. The van der Waals surface area contributed by atoms with Crippen molar-refractivity contribution in [2.75, 3.05) is 11.9 Å². The van der Waals surface area contributed by atoms with Crippen LogP contribution in [0.15, 0.2) is 52.9 Å². The first-order valence-electron chi connectivity index (χ1n) is 9.03. The molecule has 0 radical (unpaired) electrons. The molecule has 0 bridgehead atoms. The molecule has 0 spiro atoms. The number of anilines is 1. The van der Waals surface area contributed by atoms with Gasteiger partial charge in [-0.15, -0.1) is 10.2 Å². The van der Waals surface area contributed by atoms with Crippen LogP contribution in [-0.2, 0) is 15.6 Å². The van der Waals surface area contributed by atoms with Crippen LogP contribution in [0.3, 0.4) is 0 Å². The van der Waals surface area contributed by atoms with Crippen LogP contribution < -0.4 is 10.1 Å². The number of nitrogens with one attached hydrogen (secondary N) is 1. The van der Waals surface area contributed by atoms with Crippen molar-refractivity contribution in [2.45, 2.75) is 30.4 Å². The number of aromatic nitrogens is 2. The number of carbonyl (C=O) groups is 1. The molecule has 3 aromatic rings. The van der Waals surface area contributed by atoms with E-state index in [0.29, 0.717) is 23.5 Å². The molecule has 3 rings (SSSR count). The Morgan fingerprint density at radius 3 is 2.62 bits per heavy atom. The van der Waals surface area contributed by atoms with Crippen LogP contribution in [0.4, 0.5) is 5.13 Å². The Kier molecular flexibility index (Phi) is 6.60. The third-order valence-electron chi connectivity index (χ3n) is 3.94. The van der Waals surface area contributed by atoms with E-state index < -0.39 is 15.7 Å². The summed E-state index contributed by atoms with van der Waals surface area (Å²) in [6.07, 6.45) is 0.862. The first kappa shape index (κ1) is 20.9. The standard InChI is InChI=1S/C20H21N3O4S2/c1-3-11-27-17-6-4-5-16(12-17)18(24)21-19-22-23-20(28-19)29(25,26)13-15-9-7-14(2)8-10-15/h4-10,12H,3,11,13H2,1-2H3,(H,21,22,24). The average molecular weight is 432 g/mol. The lowest BCUT2D eigenvalue weighted by Crippen LogP contribution is -2.11. The number of aryl methyl sites for hydroxylation is 1. The minimum atomic E-state index is -3.65. The molecule has 1 heterocycles.